The largest absolute Gasteiger partial charge is 0.370 e. The van der Waals surface area contributed by atoms with E-state index in [1.807, 2.05) is 0 Å². The zero-order valence-corrected chi connectivity index (χ0v) is 17.5. The first-order chi connectivity index (χ1) is 13.3. The average molecular weight is 404 g/mol. The number of rotatable bonds is 8. The zero-order valence-electron chi connectivity index (χ0n) is 16.6. The molecule has 8 heteroatoms. The second-order valence-corrected chi connectivity index (χ2v) is 8.02. The fraction of sp³-hybridized carbons (Fsp3) is 0.350. The van der Waals surface area contributed by atoms with Crippen molar-refractivity contribution in [2.24, 2.45) is 10.1 Å². The number of anilines is 1. The van der Waals surface area contributed by atoms with Crippen molar-refractivity contribution in [1.29, 1.82) is 0 Å². The van der Waals surface area contributed by atoms with Crippen molar-refractivity contribution in [3.05, 3.63) is 59.7 Å². The van der Waals surface area contributed by atoms with Crippen molar-refractivity contribution >= 4 is 21.7 Å². The van der Waals surface area contributed by atoms with Gasteiger partial charge in [0.15, 0.2) is 5.96 Å². The molecule has 0 atom stereocenters. The first-order valence-electron chi connectivity index (χ1n) is 9.21. The van der Waals surface area contributed by atoms with E-state index in [4.69, 9.17) is 5.14 Å². The molecule has 0 fully saturated rings. The highest BCUT2D eigenvalue weighted by Gasteiger charge is 2.07. The molecule has 0 heterocycles. The summed E-state index contributed by atoms with van der Waals surface area (Å²) < 4.78 is 22.6. The minimum Gasteiger partial charge on any atom is -0.370 e. The Morgan fingerprint density at radius 3 is 2.43 bits per heavy atom. The third-order valence-corrected chi connectivity index (χ3v) is 5.29. The molecule has 0 saturated heterocycles. The molecule has 7 nitrogen and oxygen atoms in total. The van der Waals surface area contributed by atoms with Crippen molar-refractivity contribution in [3.8, 4) is 0 Å². The highest BCUT2D eigenvalue weighted by Crippen LogP contribution is 2.15. The highest BCUT2D eigenvalue weighted by atomic mass is 32.2. The summed E-state index contributed by atoms with van der Waals surface area (Å²) in [6.45, 7) is 7.28. The highest BCUT2D eigenvalue weighted by molar-refractivity contribution is 7.89. The summed E-state index contributed by atoms with van der Waals surface area (Å²) >= 11 is 0. The summed E-state index contributed by atoms with van der Waals surface area (Å²) in [5, 5.41) is 11.6. The number of primary sulfonamides is 1. The molecule has 0 amide bonds. The fourth-order valence-electron chi connectivity index (χ4n) is 2.81. The Labute approximate surface area is 167 Å². The fourth-order valence-corrected chi connectivity index (χ4v) is 3.32. The molecule has 0 saturated carbocycles. The lowest BCUT2D eigenvalue weighted by atomic mass is 10.2. The topological polar surface area (TPSA) is 99.8 Å². The van der Waals surface area contributed by atoms with Crippen LogP contribution in [0.3, 0.4) is 0 Å². The van der Waals surface area contributed by atoms with Crippen molar-refractivity contribution in [2.75, 3.05) is 31.6 Å². The van der Waals surface area contributed by atoms with Crippen LogP contribution in [-0.4, -0.2) is 41.1 Å². The van der Waals surface area contributed by atoms with Crippen LogP contribution < -0.4 is 20.7 Å². The summed E-state index contributed by atoms with van der Waals surface area (Å²) in [6.07, 6.45) is 0. The SMILES string of the molecule is CCN(CCNC(=NC)NCc1ccc(S(N)(=O)=O)cc1)c1cccc(C)c1. The number of nitrogens with zero attached hydrogens (tertiary/aromatic N) is 2. The van der Waals surface area contributed by atoms with Gasteiger partial charge < -0.3 is 15.5 Å². The third kappa shape index (κ3) is 6.54. The Balaban J connectivity index is 1.84. The number of nitrogens with one attached hydrogen (secondary N) is 2. The number of hydrogen-bond acceptors (Lipinski definition) is 4. The van der Waals surface area contributed by atoms with Gasteiger partial charge in [-0.15, -0.1) is 0 Å². The van der Waals surface area contributed by atoms with Crippen molar-refractivity contribution in [3.63, 3.8) is 0 Å². The number of sulfonamides is 1. The summed E-state index contributed by atoms with van der Waals surface area (Å²) in [4.78, 5) is 6.64. The predicted octanol–water partition coefficient (Wildman–Crippen LogP) is 1.83. The molecule has 4 N–H and O–H groups in total. The predicted molar refractivity (Wildman–Crippen MR) is 115 cm³/mol. The van der Waals surface area contributed by atoms with Gasteiger partial charge in [-0.05, 0) is 49.2 Å². The monoisotopic (exact) mass is 403 g/mol. The first-order valence-corrected chi connectivity index (χ1v) is 10.8. The van der Waals surface area contributed by atoms with Crippen LogP contribution in [0.4, 0.5) is 5.69 Å². The lowest BCUT2D eigenvalue weighted by molar-refractivity contribution is 0.597. The van der Waals surface area contributed by atoms with E-state index in [1.54, 1.807) is 19.2 Å². The number of nitrogens with two attached hydrogens (primary N) is 1. The summed E-state index contributed by atoms with van der Waals surface area (Å²) in [7, 11) is -1.95. The summed E-state index contributed by atoms with van der Waals surface area (Å²) in [5.41, 5.74) is 3.39. The number of likely N-dealkylation sites (N-methyl/N-ethyl adjacent to an activating group) is 1. The van der Waals surface area contributed by atoms with Gasteiger partial charge in [-0.3, -0.25) is 4.99 Å². The number of guanidine groups is 1. The lowest BCUT2D eigenvalue weighted by Crippen LogP contribution is -2.41. The van der Waals surface area contributed by atoms with Crippen LogP contribution in [0.2, 0.25) is 0 Å². The normalized spacial score (nSPS) is 11.9. The van der Waals surface area contributed by atoms with E-state index in [0.29, 0.717) is 12.5 Å². The molecular weight excluding hydrogens is 374 g/mol. The van der Waals surface area contributed by atoms with E-state index in [1.165, 1.54) is 23.4 Å². The molecule has 0 aliphatic rings. The van der Waals surface area contributed by atoms with E-state index in [0.717, 1.165) is 25.2 Å². The van der Waals surface area contributed by atoms with E-state index in [2.05, 4.69) is 58.6 Å². The molecule has 0 aliphatic heterocycles. The molecule has 2 aromatic rings. The second-order valence-electron chi connectivity index (χ2n) is 6.46. The summed E-state index contributed by atoms with van der Waals surface area (Å²) in [6, 6.07) is 14.9. The van der Waals surface area contributed by atoms with Crippen LogP contribution in [0, 0.1) is 6.92 Å². The van der Waals surface area contributed by atoms with Gasteiger partial charge in [0.1, 0.15) is 0 Å². The maximum Gasteiger partial charge on any atom is 0.238 e. The molecular formula is C20H29N5O2S. The standard InChI is InChI=1S/C20H29N5O2S/c1-4-25(18-7-5-6-16(2)14-18)13-12-23-20(22-3)24-15-17-8-10-19(11-9-17)28(21,26)27/h5-11,14H,4,12-13,15H2,1-3H3,(H2,21,26,27)(H2,22,23,24). The zero-order chi connectivity index (χ0) is 20.6. The van der Waals surface area contributed by atoms with E-state index >= 15 is 0 Å². The van der Waals surface area contributed by atoms with Crippen molar-refractivity contribution in [2.45, 2.75) is 25.3 Å². The van der Waals surface area contributed by atoms with Gasteiger partial charge in [0.2, 0.25) is 10.0 Å². The van der Waals surface area contributed by atoms with E-state index in [-0.39, 0.29) is 4.90 Å². The summed E-state index contributed by atoms with van der Waals surface area (Å²) in [5.74, 6) is 0.691. The number of hydrogen-bond donors (Lipinski definition) is 3. The van der Waals surface area contributed by atoms with E-state index < -0.39 is 10.0 Å². The Bertz CT molecular complexity index is 895. The van der Waals surface area contributed by atoms with Crippen LogP contribution >= 0.6 is 0 Å². The van der Waals surface area contributed by atoms with Gasteiger partial charge in [-0.2, -0.15) is 0 Å². The van der Waals surface area contributed by atoms with Crippen molar-refractivity contribution < 1.29 is 8.42 Å². The maximum atomic E-state index is 11.3. The Kier molecular flexibility index (Phi) is 7.83. The van der Waals surface area contributed by atoms with Crippen LogP contribution in [0.1, 0.15) is 18.1 Å². The van der Waals surface area contributed by atoms with Gasteiger partial charge >= 0.3 is 0 Å². The van der Waals surface area contributed by atoms with Crippen LogP contribution in [0.15, 0.2) is 58.4 Å². The van der Waals surface area contributed by atoms with Gasteiger partial charge in [-0.25, -0.2) is 13.6 Å². The molecule has 152 valence electrons. The molecule has 0 aliphatic carbocycles. The smallest absolute Gasteiger partial charge is 0.238 e. The Morgan fingerprint density at radius 2 is 1.86 bits per heavy atom. The molecule has 2 aromatic carbocycles. The molecule has 28 heavy (non-hydrogen) atoms. The second kappa shape index (κ2) is 10.1. The molecule has 0 unspecified atom stereocenters. The van der Waals surface area contributed by atoms with Crippen molar-refractivity contribution in [1.82, 2.24) is 10.6 Å². The minimum absolute atomic E-state index is 0.106. The third-order valence-electron chi connectivity index (χ3n) is 4.36. The number of aryl methyl sites for hydroxylation is 1. The van der Waals surface area contributed by atoms with Crippen LogP contribution in [0.5, 0.6) is 0 Å². The maximum absolute atomic E-state index is 11.3. The number of aliphatic imine (C=N–C) groups is 1. The number of benzene rings is 2. The average Bonchev–Trinajstić information content (AvgIpc) is 2.67. The Morgan fingerprint density at radius 1 is 1.14 bits per heavy atom. The van der Waals surface area contributed by atoms with E-state index in [9.17, 15) is 8.42 Å². The van der Waals surface area contributed by atoms with Gasteiger partial charge in [0, 0.05) is 38.9 Å². The van der Waals surface area contributed by atoms with Crippen LogP contribution in [-0.2, 0) is 16.6 Å². The molecule has 0 aromatic heterocycles. The lowest BCUT2D eigenvalue weighted by Gasteiger charge is -2.24. The molecule has 0 spiro atoms. The van der Waals surface area contributed by atoms with Gasteiger partial charge in [-0.1, -0.05) is 24.3 Å². The molecule has 2 rings (SSSR count). The quantitative estimate of drug-likeness (QED) is 0.461. The first kappa shape index (κ1) is 21.7. The van der Waals surface area contributed by atoms with Crippen LogP contribution in [0.25, 0.3) is 0 Å². The van der Waals surface area contributed by atoms with Gasteiger partial charge in [0.25, 0.3) is 0 Å². The minimum atomic E-state index is -3.67. The molecule has 0 radical (unpaired) electrons. The van der Waals surface area contributed by atoms with Gasteiger partial charge in [0.05, 0.1) is 4.90 Å². The Hall–Kier alpha value is -2.58. The molecule has 0 bridgehead atoms.